The molecule has 3 aliphatic heterocycles. The predicted molar refractivity (Wildman–Crippen MR) is 181 cm³/mol. The number of carbonyl (C=O) groups excluding carboxylic acids is 4. The van der Waals surface area contributed by atoms with Crippen molar-refractivity contribution >= 4 is 29.8 Å². The Morgan fingerprint density at radius 3 is 1.96 bits per heavy atom. The van der Waals surface area contributed by atoms with Crippen molar-refractivity contribution in [1.82, 2.24) is 16.0 Å². The van der Waals surface area contributed by atoms with E-state index in [2.05, 4.69) is 20.9 Å². The molecule has 1 aliphatic carbocycles. The Morgan fingerprint density at radius 2 is 1.38 bits per heavy atom. The highest BCUT2D eigenvalue weighted by molar-refractivity contribution is 5.91. The van der Waals surface area contributed by atoms with Gasteiger partial charge in [0, 0.05) is 13.0 Å². The third kappa shape index (κ3) is 10.5. The van der Waals surface area contributed by atoms with Gasteiger partial charge in [-0.3, -0.25) is 14.6 Å². The molecule has 0 bridgehead atoms. The van der Waals surface area contributed by atoms with E-state index in [-0.39, 0.29) is 31.6 Å². The second-order valence-electron chi connectivity index (χ2n) is 13.8. The number of rotatable bonds is 15. The van der Waals surface area contributed by atoms with Crippen LogP contribution in [-0.2, 0) is 33.3 Å². The molecular formula is C30H52N8O18. The van der Waals surface area contributed by atoms with E-state index in [4.69, 9.17) is 46.6 Å². The minimum atomic E-state index is -2.17. The molecule has 0 aromatic carbocycles. The van der Waals surface area contributed by atoms with E-state index in [0.717, 1.165) is 0 Å². The monoisotopic (exact) mass is 812 g/mol. The number of primary amides is 2. The second-order valence-corrected chi connectivity index (χ2v) is 13.8. The number of nitrogens with one attached hydrogen (secondary N) is 3. The maximum absolute atomic E-state index is 13.0. The van der Waals surface area contributed by atoms with E-state index < -0.39 is 147 Å². The molecule has 5 amide bonds. The minimum Gasteiger partial charge on any atom is -0.441 e. The first-order valence-corrected chi connectivity index (χ1v) is 17.7. The smallest absolute Gasteiger partial charge is 0.404 e. The summed E-state index contributed by atoms with van der Waals surface area (Å²) in [6, 6.07) is -6.36. The average molecular weight is 813 g/mol. The van der Waals surface area contributed by atoms with Crippen LogP contribution in [0.5, 0.6) is 0 Å². The largest absolute Gasteiger partial charge is 0.441 e. The van der Waals surface area contributed by atoms with Gasteiger partial charge in [0.15, 0.2) is 18.7 Å². The van der Waals surface area contributed by atoms with Crippen LogP contribution in [0.25, 0.3) is 0 Å². The number of aliphatic imine (C=N–C) groups is 1. The van der Waals surface area contributed by atoms with Crippen molar-refractivity contribution < 1.29 is 88.8 Å². The van der Waals surface area contributed by atoms with Crippen molar-refractivity contribution in [3.05, 3.63) is 0 Å². The predicted octanol–water partition coefficient (Wildman–Crippen LogP) is -9.54. The van der Waals surface area contributed by atoms with Crippen molar-refractivity contribution in [2.24, 2.45) is 27.9 Å². The number of aliphatic hydroxyl groups is 9. The van der Waals surface area contributed by atoms with E-state index in [1.807, 2.05) is 0 Å². The zero-order chi connectivity index (χ0) is 41.6. The highest BCUT2D eigenvalue weighted by atomic mass is 16.7. The Balaban J connectivity index is 1.52. The third-order valence-electron chi connectivity index (χ3n) is 9.86. The van der Waals surface area contributed by atoms with Crippen molar-refractivity contribution in [2.45, 2.75) is 136 Å². The number of hydrogen-bond donors (Lipinski definition) is 16. The first-order valence-electron chi connectivity index (χ1n) is 17.7. The number of amides is 5. The molecule has 0 spiro atoms. The molecule has 20 N–H and O–H groups in total. The van der Waals surface area contributed by atoms with Gasteiger partial charge in [0.1, 0.15) is 79.2 Å². The molecule has 2 saturated heterocycles. The van der Waals surface area contributed by atoms with Gasteiger partial charge < -0.3 is 109 Å². The van der Waals surface area contributed by atoms with Crippen LogP contribution >= 0.6 is 0 Å². The summed E-state index contributed by atoms with van der Waals surface area (Å²) in [5.74, 6) is -1.48. The number of nitrogens with zero attached hydrogens (tertiary/aromatic N) is 1. The molecule has 26 nitrogen and oxygen atoms in total. The quantitative estimate of drug-likeness (QED) is 0.0683. The average Bonchev–Trinajstić information content (AvgIpc) is 3.60. The molecule has 4 rings (SSSR count). The van der Waals surface area contributed by atoms with Crippen molar-refractivity contribution in [2.75, 3.05) is 19.8 Å². The summed E-state index contributed by atoms with van der Waals surface area (Å²) in [5, 5.41) is 104. The van der Waals surface area contributed by atoms with E-state index in [1.54, 1.807) is 0 Å². The van der Waals surface area contributed by atoms with E-state index in [0.29, 0.717) is 6.42 Å². The highest BCUT2D eigenvalue weighted by Gasteiger charge is 2.57. The van der Waals surface area contributed by atoms with Gasteiger partial charge in [0.05, 0.1) is 31.1 Å². The fraction of sp³-hybridized carbons (Fsp3) is 0.833. The lowest BCUT2D eigenvalue weighted by Gasteiger charge is -2.49. The van der Waals surface area contributed by atoms with Crippen LogP contribution in [0.1, 0.15) is 25.7 Å². The van der Waals surface area contributed by atoms with Gasteiger partial charge in [-0.25, -0.2) is 9.59 Å². The van der Waals surface area contributed by atoms with Gasteiger partial charge in [0.25, 0.3) is 0 Å². The summed E-state index contributed by atoms with van der Waals surface area (Å²) >= 11 is 0. The molecule has 26 heteroatoms. The number of nitrogens with two attached hydrogens (primary N) is 4. The number of aliphatic hydroxyl groups excluding tert-OH is 9. The first kappa shape index (κ1) is 45.1. The van der Waals surface area contributed by atoms with Crippen LogP contribution in [0.15, 0.2) is 4.99 Å². The van der Waals surface area contributed by atoms with Gasteiger partial charge in [-0.2, -0.15) is 0 Å². The van der Waals surface area contributed by atoms with Crippen LogP contribution in [0, 0.1) is 0 Å². The lowest BCUT2D eigenvalue weighted by atomic mass is 9.82. The fourth-order valence-corrected chi connectivity index (χ4v) is 6.80. The lowest BCUT2D eigenvalue weighted by molar-refractivity contribution is -0.361. The number of hydrogen-bond acceptors (Lipinski definition) is 21. The number of carbonyl (C=O) groups is 4. The standard InChI is InChI=1S/C30H52N8O18/c31-8(2-1-5-35-29(33)50)25(48)38-14-17(43)15(41)10(6-39)52-27(14)54-22-11(7-40)53-28(21(47)20(22)46)55-23-18(44)13(16(42)19(45)24(23)56-30(34)51)37-26(49)9-3-4-12(32)36-9/h8-11,13-24,27-28,39-47H,1-7,31H2,(H2,32,36)(H2,34,51)(H,37,49)(H,38,48)(H3,33,35,50). The Kier molecular flexibility index (Phi) is 15.9. The summed E-state index contributed by atoms with van der Waals surface area (Å²) < 4.78 is 27.7. The summed E-state index contributed by atoms with van der Waals surface area (Å²) in [6.45, 7) is -1.76. The molecular weight excluding hydrogens is 760 g/mol. The van der Waals surface area contributed by atoms with Crippen molar-refractivity contribution in [3.63, 3.8) is 0 Å². The molecule has 56 heavy (non-hydrogen) atoms. The molecule has 0 aromatic heterocycles. The Bertz CT molecular complexity index is 1400. The molecule has 0 radical (unpaired) electrons. The van der Waals surface area contributed by atoms with Crippen LogP contribution < -0.4 is 38.9 Å². The molecule has 4 aliphatic rings. The normalized spacial score (nSPS) is 40.5. The summed E-state index contributed by atoms with van der Waals surface area (Å²) in [6.07, 6.45) is -27.5. The number of ether oxygens (including phenoxy) is 5. The molecule has 1 saturated carbocycles. The molecule has 18 atom stereocenters. The summed E-state index contributed by atoms with van der Waals surface area (Å²) in [5.41, 5.74) is 21.8. The first-order chi connectivity index (χ1) is 26.4. The summed E-state index contributed by atoms with van der Waals surface area (Å²) in [7, 11) is 0. The molecule has 3 fully saturated rings. The van der Waals surface area contributed by atoms with Crippen LogP contribution in [-0.4, -0.2) is 205 Å². The zero-order valence-corrected chi connectivity index (χ0v) is 29.8. The fourth-order valence-electron chi connectivity index (χ4n) is 6.80. The van der Waals surface area contributed by atoms with Crippen LogP contribution in [0.3, 0.4) is 0 Å². The highest BCUT2D eigenvalue weighted by Crippen LogP contribution is 2.33. The van der Waals surface area contributed by atoms with Crippen LogP contribution in [0.4, 0.5) is 9.59 Å². The van der Waals surface area contributed by atoms with E-state index in [1.165, 1.54) is 0 Å². The van der Waals surface area contributed by atoms with Gasteiger partial charge in [-0.1, -0.05) is 0 Å². The Morgan fingerprint density at radius 1 is 0.768 bits per heavy atom. The van der Waals surface area contributed by atoms with Gasteiger partial charge in [0.2, 0.25) is 11.8 Å². The number of amidine groups is 1. The lowest BCUT2D eigenvalue weighted by Crippen LogP contribution is -2.72. The van der Waals surface area contributed by atoms with Crippen LogP contribution in [0.2, 0.25) is 0 Å². The minimum absolute atomic E-state index is 0.0206. The van der Waals surface area contributed by atoms with Gasteiger partial charge in [-0.15, -0.1) is 0 Å². The van der Waals surface area contributed by atoms with Crippen molar-refractivity contribution in [3.8, 4) is 0 Å². The third-order valence-corrected chi connectivity index (χ3v) is 9.86. The Labute approximate surface area is 318 Å². The summed E-state index contributed by atoms with van der Waals surface area (Å²) in [4.78, 5) is 52.5. The van der Waals surface area contributed by atoms with Gasteiger partial charge >= 0.3 is 12.1 Å². The Hall–Kier alpha value is -3.61. The zero-order valence-electron chi connectivity index (χ0n) is 29.8. The SMILES string of the molecule is NC(=O)NCCCC(N)C(=O)NC1C(OC2C(CO)OC(OC3C(O)C(NC(=O)C4CCC(N)=N4)C(O)C(O)C3OC(N)=O)C(O)C2O)OC(CO)C(O)C1O. The second kappa shape index (κ2) is 19.7. The van der Waals surface area contributed by atoms with Crippen molar-refractivity contribution in [1.29, 1.82) is 0 Å². The molecule has 18 unspecified atom stereocenters. The van der Waals surface area contributed by atoms with E-state index in [9.17, 15) is 65.1 Å². The maximum atomic E-state index is 13.0. The number of urea groups is 1. The molecule has 3 heterocycles. The topological polar surface area (TPSA) is 449 Å². The van der Waals surface area contributed by atoms with E-state index >= 15 is 0 Å². The van der Waals surface area contributed by atoms with Gasteiger partial charge in [-0.05, 0) is 19.3 Å². The maximum Gasteiger partial charge on any atom is 0.404 e. The molecule has 320 valence electrons. The molecule has 0 aromatic rings.